The third-order valence-electron chi connectivity index (χ3n) is 5.81. The second-order valence-corrected chi connectivity index (χ2v) is 9.23. The van der Waals surface area contributed by atoms with Gasteiger partial charge in [-0.2, -0.15) is 4.57 Å². The van der Waals surface area contributed by atoms with Crippen LogP contribution in [-0.4, -0.2) is 38.7 Å². The number of rotatable bonds is 7. The largest absolute Gasteiger partial charge is 0.384 e. The molecular formula is C27H33N3+2. The van der Waals surface area contributed by atoms with Crippen molar-refractivity contribution in [2.45, 2.75) is 12.8 Å². The highest BCUT2D eigenvalue weighted by Crippen LogP contribution is 2.28. The molecule has 3 nitrogen and oxygen atoms in total. The van der Waals surface area contributed by atoms with Gasteiger partial charge in [-0.1, -0.05) is 42.5 Å². The molecule has 0 fully saturated rings. The zero-order valence-corrected chi connectivity index (χ0v) is 18.7. The van der Waals surface area contributed by atoms with Crippen molar-refractivity contribution in [3.63, 3.8) is 0 Å². The van der Waals surface area contributed by atoms with Crippen molar-refractivity contribution in [3.05, 3.63) is 72.8 Å². The number of nitrogens with zero attached hydrogens (tertiary/aromatic N) is 2. The maximum absolute atomic E-state index is 3.73. The molecule has 1 aromatic heterocycles. The first-order chi connectivity index (χ1) is 14.4. The van der Waals surface area contributed by atoms with Crippen molar-refractivity contribution in [1.82, 2.24) is 0 Å². The fraction of sp³-hybridized carbons (Fsp3) is 0.296. The number of pyridine rings is 1. The van der Waals surface area contributed by atoms with Gasteiger partial charge in [0, 0.05) is 24.2 Å². The average Bonchev–Trinajstić information content (AvgIpc) is 2.74. The standard InChI is InChI=1S/C27H32N3/c1-29-26-14-8-7-13-24(26)25(28-17-9-10-18-30(2,3)4)20-27(29)23-16-15-21-11-5-6-12-22(21)19-23/h5-8,11-16,19-20H,9-10,17-18H2,1-4H3/q+1/p+1. The smallest absolute Gasteiger partial charge is 0.214 e. The number of hydrogen-bond acceptors (Lipinski definition) is 1. The van der Waals surface area contributed by atoms with Crippen LogP contribution in [-0.2, 0) is 7.05 Å². The number of nitrogens with one attached hydrogen (secondary N) is 1. The first-order valence-electron chi connectivity index (χ1n) is 10.9. The molecule has 154 valence electrons. The van der Waals surface area contributed by atoms with Crippen LogP contribution < -0.4 is 9.88 Å². The number of aromatic nitrogens is 1. The maximum Gasteiger partial charge on any atom is 0.214 e. The summed E-state index contributed by atoms with van der Waals surface area (Å²) in [6, 6.07) is 26.3. The van der Waals surface area contributed by atoms with Crippen molar-refractivity contribution in [2.24, 2.45) is 7.05 Å². The summed E-state index contributed by atoms with van der Waals surface area (Å²) in [7, 11) is 8.94. The van der Waals surface area contributed by atoms with Gasteiger partial charge >= 0.3 is 0 Å². The average molecular weight is 400 g/mol. The van der Waals surface area contributed by atoms with Gasteiger partial charge in [-0.05, 0) is 41.8 Å². The lowest BCUT2D eigenvalue weighted by atomic mass is 10.0. The predicted octanol–water partition coefficient (Wildman–Crippen LogP) is 5.38. The van der Waals surface area contributed by atoms with Crippen molar-refractivity contribution in [2.75, 3.05) is 39.5 Å². The highest BCUT2D eigenvalue weighted by molar-refractivity contribution is 5.92. The van der Waals surface area contributed by atoms with Crippen LogP contribution in [0, 0.1) is 0 Å². The van der Waals surface area contributed by atoms with Gasteiger partial charge in [0.1, 0.15) is 7.05 Å². The zero-order chi connectivity index (χ0) is 21.1. The molecule has 30 heavy (non-hydrogen) atoms. The Morgan fingerprint density at radius 1 is 0.800 bits per heavy atom. The summed E-state index contributed by atoms with van der Waals surface area (Å²) in [5.41, 5.74) is 4.94. The number of quaternary nitrogens is 1. The summed E-state index contributed by atoms with van der Waals surface area (Å²) in [4.78, 5) is 0. The van der Waals surface area contributed by atoms with E-state index in [1.807, 2.05) is 0 Å². The number of unbranched alkanes of at least 4 members (excludes halogenated alkanes) is 1. The number of hydrogen-bond donors (Lipinski definition) is 1. The number of aryl methyl sites for hydroxylation is 1. The minimum absolute atomic E-state index is 0.995. The minimum atomic E-state index is 0.995. The van der Waals surface area contributed by atoms with Crippen LogP contribution >= 0.6 is 0 Å². The van der Waals surface area contributed by atoms with Crippen LogP contribution in [0.25, 0.3) is 32.9 Å². The molecule has 0 spiro atoms. The molecule has 0 atom stereocenters. The summed E-state index contributed by atoms with van der Waals surface area (Å²) in [6.45, 7) is 2.20. The van der Waals surface area contributed by atoms with E-state index in [0.717, 1.165) is 11.0 Å². The Morgan fingerprint density at radius 3 is 2.33 bits per heavy atom. The molecular weight excluding hydrogens is 366 g/mol. The van der Waals surface area contributed by atoms with Gasteiger partial charge in [0.05, 0.1) is 38.8 Å². The number of fused-ring (bicyclic) bond motifs is 2. The van der Waals surface area contributed by atoms with Gasteiger partial charge in [-0.25, -0.2) is 0 Å². The molecule has 4 rings (SSSR count). The van der Waals surface area contributed by atoms with Crippen molar-refractivity contribution in [3.8, 4) is 11.3 Å². The molecule has 0 amide bonds. The third kappa shape index (κ3) is 4.47. The molecule has 0 bridgehead atoms. The molecule has 3 aromatic carbocycles. The molecule has 4 aromatic rings. The van der Waals surface area contributed by atoms with Gasteiger partial charge in [0.25, 0.3) is 0 Å². The second-order valence-electron chi connectivity index (χ2n) is 9.23. The lowest BCUT2D eigenvalue weighted by molar-refractivity contribution is -0.870. The van der Waals surface area contributed by atoms with Crippen LogP contribution in [0.3, 0.4) is 0 Å². The molecule has 0 unspecified atom stereocenters. The van der Waals surface area contributed by atoms with E-state index in [0.29, 0.717) is 0 Å². The predicted molar refractivity (Wildman–Crippen MR) is 129 cm³/mol. The van der Waals surface area contributed by atoms with Crippen LogP contribution in [0.15, 0.2) is 72.8 Å². The second kappa shape index (κ2) is 8.45. The maximum atomic E-state index is 3.73. The Labute approximate surface area is 180 Å². The Hall–Kier alpha value is -2.91. The van der Waals surface area contributed by atoms with Gasteiger partial charge in [0.2, 0.25) is 11.2 Å². The molecule has 0 aliphatic carbocycles. The number of benzene rings is 3. The highest BCUT2D eigenvalue weighted by Gasteiger charge is 2.18. The Balaban J connectivity index is 1.67. The lowest BCUT2D eigenvalue weighted by Crippen LogP contribution is -2.35. The van der Waals surface area contributed by atoms with Crippen LogP contribution in [0.1, 0.15) is 12.8 Å². The molecule has 0 saturated heterocycles. The third-order valence-corrected chi connectivity index (χ3v) is 5.81. The highest BCUT2D eigenvalue weighted by atomic mass is 15.3. The van der Waals surface area contributed by atoms with E-state index in [1.165, 1.54) is 58.0 Å². The molecule has 1 N–H and O–H groups in total. The molecule has 0 saturated carbocycles. The first-order valence-corrected chi connectivity index (χ1v) is 10.9. The van der Waals surface area contributed by atoms with Crippen LogP contribution in [0.5, 0.6) is 0 Å². The fourth-order valence-electron chi connectivity index (χ4n) is 4.14. The molecule has 0 aliphatic heterocycles. The summed E-state index contributed by atoms with van der Waals surface area (Å²) in [5, 5.41) is 7.56. The summed E-state index contributed by atoms with van der Waals surface area (Å²) in [6.07, 6.45) is 2.41. The van der Waals surface area contributed by atoms with Crippen molar-refractivity contribution < 1.29 is 9.05 Å². The van der Waals surface area contributed by atoms with Crippen LogP contribution in [0.2, 0.25) is 0 Å². The van der Waals surface area contributed by atoms with Crippen molar-refractivity contribution >= 4 is 27.4 Å². The van der Waals surface area contributed by atoms with Gasteiger partial charge in [-0.3, -0.25) is 0 Å². The minimum Gasteiger partial charge on any atom is -0.384 e. The van der Waals surface area contributed by atoms with E-state index in [4.69, 9.17) is 0 Å². The molecule has 1 heterocycles. The van der Waals surface area contributed by atoms with Gasteiger partial charge < -0.3 is 9.80 Å². The van der Waals surface area contributed by atoms with E-state index in [1.54, 1.807) is 0 Å². The zero-order valence-electron chi connectivity index (χ0n) is 18.7. The van der Waals surface area contributed by atoms with E-state index >= 15 is 0 Å². The Morgan fingerprint density at radius 2 is 1.53 bits per heavy atom. The van der Waals surface area contributed by atoms with Gasteiger partial charge in [-0.15, -0.1) is 0 Å². The van der Waals surface area contributed by atoms with Crippen molar-refractivity contribution in [1.29, 1.82) is 0 Å². The van der Waals surface area contributed by atoms with Crippen LogP contribution in [0.4, 0.5) is 5.69 Å². The SMILES string of the molecule is C[n+]1c(-c2ccc3ccccc3c2)cc(NCCCC[N+](C)(C)C)c2ccccc21. The summed E-state index contributed by atoms with van der Waals surface area (Å²) in [5.74, 6) is 0. The molecule has 3 heteroatoms. The van der Waals surface area contributed by atoms with E-state index in [2.05, 4.69) is 111 Å². The van der Waals surface area contributed by atoms with E-state index in [9.17, 15) is 0 Å². The van der Waals surface area contributed by atoms with E-state index in [-0.39, 0.29) is 0 Å². The summed E-state index contributed by atoms with van der Waals surface area (Å²) < 4.78 is 3.33. The Kier molecular flexibility index (Phi) is 5.74. The Bertz CT molecular complexity index is 1170. The summed E-state index contributed by atoms with van der Waals surface area (Å²) >= 11 is 0. The monoisotopic (exact) mass is 399 g/mol. The molecule has 0 aliphatic rings. The first kappa shape index (κ1) is 20.4. The number of anilines is 1. The topological polar surface area (TPSA) is 15.9 Å². The van der Waals surface area contributed by atoms with E-state index < -0.39 is 0 Å². The lowest BCUT2D eigenvalue weighted by Gasteiger charge is -2.23. The number of para-hydroxylation sites is 1. The normalized spacial score (nSPS) is 11.9. The quantitative estimate of drug-likeness (QED) is 0.250. The fourth-order valence-corrected chi connectivity index (χ4v) is 4.14. The van der Waals surface area contributed by atoms with Gasteiger partial charge in [0.15, 0.2) is 0 Å². The molecule has 0 radical (unpaired) electrons.